The zero-order valence-corrected chi connectivity index (χ0v) is 13.4. The molecule has 1 aliphatic rings. The monoisotopic (exact) mass is 258 g/mol. The highest BCUT2D eigenvalue weighted by atomic mass is 28.4. The van der Waals surface area contributed by atoms with Crippen molar-refractivity contribution in [2.24, 2.45) is 11.8 Å². The van der Waals surface area contributed by atoms with Gasteiger partial charge in [0.25, 0.3) is 0 Å². The number of hydrogen-bond acceptors (Lipinski definition) is 2. The lowest BCUT2D eigenvalue weighted by Gasteiger charge is -2.40. The Morgan fingerprint density at radius 1 is 1.24 bits per heavy atom. The summed E-state index contributed by atoms with van der Waals surface area (Å²) >= 11 is 0. The highest BCUT2D eigenvalue weighted by Gasteiger charge is 2.42. The largest absolute Gasteiger partial charge is 0.414 e. The first-order valence-electron chi connectivity index (χ1n) is 6.96. The summed E-state index contributed by atoms with van der Waals surface area (Å²) in [6.07, 6.45) is 3.69. The van der Waals surface area contributed by atoms with Crippen molar-refractivity contribution in [1.29, 1.82) is 0 Å². The average Bonchev–Trinajstić information content (AvgIpc) is 2.44. The van der Waals surface area contributed by atoms with Crippen LogP contribution >= 0.6 is 0 Å². The molecule has 0 unspecified atom stereocenters. The third-order valence-electron chi connectivity index (χ3n) is 4.62. The zero-order chi connectivity index (χ0) is 13.3. The second-order valence-electron chi connectivity index (χ2n) is 7.27. The van der Waals surface area contributed by atoms with Crippen molar-refractivity contribution in [2.75, 3.05) is 6.61 Å². The summed E-state index contributed by atoms with van der Waals surface area (Å²) < 4.78 is 6.53. The van der Waals surface area contributed by atoms with E-state index >= 15 is 0 Å². The van der Waals surface area contributed by atoms with Crippen LogP contribution in [0, 0.1) is 11.8 Å². The summed E-state index contributed by atoms with van der Waals surface area (Å²) in [5, 5.41) is 9.43. The predicted octanol–water partition coefficient (Wildman–Crippen LogP) is 3.81. The smallest absolute Gasteiger partial charge is 0.192 e. The maximum Gasteiger partial charge on any atom is 0.192 e. The first kappa shape index (κ1) is 15.2. The molecule has 0 aliphatic heterocycles. The molecule has 3 atom stereocenters. The van der Waals surface area contributed by atoms with Crippen molar-refractivity contribution in [2.45, 2.75) is 71.2 Å². The van der Waals surface area contributed by atoms with Gasteiger partial charge in [-0.25, -0.2) is 0 Å². The molecule has 17 heavy (non-hydrogen) atoms. The molecule has 0 bridgehead atoms. The SMILES string of the molecule is C[C@@H]1C[C@@H](CCO)[C@@H](O[Si](C)(C)C(C)(C)C)C1. The van der Waals surface area contributed by atoms with E-state index < -0.39 is 8.32 Å². The third-order valence-corrected chi connectivity index (χ3v) is 9.12. The maximum absolute atomic E-state index is 9.14. The molecule has 0 aromatic heterocycles. The summed E-state index contributed by atoms with van der Waals surface area (Å²) in [4.78, 5) is 0. The van der Waals surface area contributed by atoms with Crippen molar-refractivity contribution in [1.82, 2.24) is 0 Å². The summed E-state index contributed by atoms with van der Waals surface area (Å²) in [6, 6.07) is 0. The maximum atomic E-state index is 9.14. The van der Waals surface area contributed by atoms with Gasteiger partial charge in [0.1, 0.15) is 0 Å². The van der Waals surface area contributed by atoms with Crippen molar-refractivity contribution in [3.8, 4) is 0 Å². The Bertz CT molecular complexity index is 245. The minimum Gasteiger partial charge on any atom is -0.414 e. The minimum absolute atomic E-state index is 0.280. The first-order chi connectivity index (χ1) is 7.67. The van der Waals surface area contributed by atoms with Gasteiger partial charge in [-0.2, -0.15) is 0 Å². The van der Waals surface area contributed by atoms with Crippen molar-refractivity contribution in [3.05, 3.63) is 0 Å². The van der Waals surface area contributed by atoms with Crippen LogP contribution in [0.5, 0.6) is 0 Å². The zero-order valence-electron chi connectivity index (χ0n) is 12.4. The molecule has 0 saturated heterocycles. The second kappa shape index (κ2) is 5.41. The molecular weight excluding hydrogens is 228 g/mol. The van der Waals surface area contributed by atoms with Crippen LogP contribution in [0.15, 0.2) is 0 Å². The number of aliphatic hydroxyl groups is 1. The quantitative estimate of drug-likeness (QED) is 0.777. The lowest BCUT2D eigenvalue weighted by Crippen LogP contribution is -2.44. The van der Waals surface area contributed by atoms with Crippen molar-refractivity contribution < 1.29 is 9.53 Å². The van der Waals surface area contributed by atoms with Crippen molar-refractivity contribution in [3.63, 3.8) is 0 Å². The molecular formula is C14H30O2Si. The normalized spacial score (nSPS) is 30.9. The van der Waals surface area contributed by atoms with Gasteiger partial charge in [-0.15, -0.1) is 0 Å². The van der Waals surface area contributed by atoms with E-state index in [0.29, 0.717) is 18.6 Å². The summed E-state index contributed by atoms with van der Waals surface area (Å²) in [5.74, 6) is 1.32. The standard InChI is InChI=1S/C14H30O2Si/c1-11-9-12(7-8-15)13(10-11)16-17(5,6)14(2,3)4/h11-13,15H,7-10H2,1-6H3/t11-,12-,13+/m1/s1. The molecule has 3 heteroatoms. The molecule has 0 aromatic carbocycles. The van der Waals surface area contributed by atoms with Gasteiger partial charge >= 0.3 is 0 Å². The Labute approximate surface area is 108 Å². The summed E-state index contributed by atoms with van der Waals surface area (Å²) in [5.41, 5.74) is 0. The van der Waals surface area contributed by atoms with Gasteiger partial charge in [0.2, 0.25) is 0 Å². The van der Waals surface area contributed by atoms with E-state index in [1.165, 1.54) is 12.8 Å². The highest BCUT2D eigenvalue weighted by molar-refractivity contribution is 6.74. The van der Waals surface area contributed by atoms with E-state index in [-0.39, 0.29) is 5.04 Å². The van der Waals surface area contributed by atoms with E-state index in [2.05, 4.69) is 40.8 Å². The van der Waals surface area contributed by atoms with E-state index in [1.54, 1.807) is 0 Å². The molecule has 0 heterocycles. The Morgan fingerprint density at radius 2 is 1.82 bits per heavy atom. The van der Waals surface area contributed by atoms with Crippen LogP contribution in [-0.2, 0) is 4.43 Å². The Balaban J connectivity index is 2.66. The van der Waals surface area contributed by atoms with Gasteiger partial charge in [0, 0.05) is 12.7 Å². The topological polar surface area (TPSA) is 29.5 Å². The van der Waals surface area contributed by atoms with Gasteiger partial charge in [-0.05, 0) is 49.2 Å². The average molecular weight is 258 g/mol. The highest BCUT2D eigenvalue weighted by Crippen LogP contribution is 2.42. The lowest BCUT2D eigenvalue weighted by molar-refractivity contribution is 0.120. The number of aliphatic hydroxyl groups excluding tert-OH is 1. The van der Waals surface area contributed by atoms with Crippen LogP contribution in [0.2, 0.25) is 18.1 Å². The van der Waals surface area contributed by atoms with Gasteiger partial charge in [0.15, 0.2) is 8.32 Å². The van der Waals surface area contributed by atoms with Crippen LogP contribution in [0.3, 0.4) is 0 Å². The van der Waals surface area contributed by atoms with Crippen LogP contribution in [-0.4, -0.2) is 26.1 Å². The Morgan fingerprint density at radius 3 is 2.29 bits per heavy atom. The van der Waals surface area contributed by atoms with Crippen LogP contribution in [0.1, 0.15) is 47.0 Å². The molecule has 1 N–H and O–H groups in total. The van der Waals surface area contributed by atoms with Gasteiger partial charge < -0.3 is 9.53 Å². The molecule has 0 radical (unpaired) electrons. The van der Waals surface area contributed by atoms with Crippen molar-refractivity contribution >= 4 is 8.32 Å². The lowest BCUT2D eigenvalue weighted by atomic mass is 10.0. The summed E-state index contributed by atoms with van der Waals surface area (Å²) in [7, 11) is -1.65. The van der Waals surface area contributed by atoms with Crippen LogP contribution < -0.4 is 0 Å². The first-order valence-corrected chi connectivity index (χ1v) is 9.87. The molecule has 0 spiro atoms. The molecule has 1 rings (SSSR count). The van der Waals surface area contributed by atoms with Crippen LogP contribution in [0.4, 0.5) is 0 Å². The minimum atomic E-state index is -1.65. The Kier molecular flexibility index (Phi) is 4.84. The fraction of sp³-hybridized carbons (Fsp3) is 1.00. The number of hydrogen-bond donors (Lipinski definition) is 1. The molecule has 1 aliphatic carbocycles. The van der Waals surface area contributed by atoms with Crippen LogP contribution in [0.25, 0.3) is 0 Å². The third kappa shape index (κ3) is 3.80. The molecule has 0 aromatic rings. The fourth-order valence-corrected chi connectivity index (χ4v) is 3.92. The van der Waals surface area contributed by atoms with E-state index in [1.807, 2.05) is 0 Å². The van der Waals surface area contributed by atoms with E-state index in [9.17, 15) is 0 Å². The van der Waals surface area contributed by atoms with Gasteiger partial charge in [0.05, 0.1) is 0 Å². The van der Waals surface area contributed by atoms with E-state index in [4.69, 9.17) is 9.53 Å². The van der Waals surface area contributed by atoms with Gasteiger partial charge in [-0.1, -0.05) is 27.7 Å². The predicted molar refractivity (Wildman–Crippen MR) is 75.7 cm³/mol. The Hall–Kier alpha value is 0.137. The molecule has 1 fully saturated rings. The summed E-state index contributed by atoms with van der Waals surface area (Å²) in [6.45, 7) is 14.1. The fourth-order valence-electron chi connectivity index (χ4n) is 2.52. The molecule has 2 nitrogen and oxygen atoms in total. The second-order valence-corrected chi connectivity index (χ2v) is 12.0. The molecule has 1 saturated carbocycles. The molecule has 102 valence electrons. The number of rotatable bonds is 4. The van der Waals surface area contributed by atoms with Gasteiger partial charge in [-0.3, -0.25) is 0 Å². The van der Waals surface area contributed by atoms with E-state index in [0.717, 1.165) is 12.3 Å². The molecule has 0 amide bonds.